The van der Waals surface area contributed by atoms with Crippen LogP contribution < -0.4 is 4.74 Å². The lowest BCUT2D eigenvalue weighted by Crippen LogP contribution is -2.17. The molecule has 0 aliphatic carbocycles. The molecule has 0 spiro atoms. The number of hydrogen-bond donors (Lipinski definition) is 0. The average Bonchev–Trinajstić information content (AvgIpc) is 3.38. The minimum absolute atomic E-state index is 0.375. The van der Waals surface area contributed by atoms with Gasteiger partial charge in [-0.1, -0.05) is 84.9 Å². The van der Waals surface area contributed by atoms with Crippen molar-refractivity contribution in [3.05, 3.63) is 126 Å². The Labute approximate surface area is 214 Å². The van der Waals surface area contributed by atoms with Crippen LogP contribution in [0.15, 0.2) is 114 Å². The molecule has 5 nitrogen and oxygen atoms in total. The van der Waals surface area contributed by atoms with Crippen molar-refractivity contribution < 1.29 is 23.4 Å². The Morgan fingerprint density at radius 1 is 0.757 bits per heavy atom. The summed E-state index contributed by atoms with van der Waals surface area (Å²) in [7, 11) is 1.37. The molecule has 6 rings (SSSR count). The number of rotatable bonds is 6. The average molecular weight is 489 g/mol. The lowest BCUT2D eigenvalue weighted by Gasteiger charge is -2.26. The monoisotopic (exact) mass is 488 g/mol. The molecule has 0 N–H and O–H groups in total. The van der Waals surface area contributed by atoms with E-state index < -0.39 is 6.29 Å². The summed E-state index contributed by atoms with van der Waals surface area (Å²) in [6.07, 6.45) is -0.693. The lowest BCUT2D eigenvalue weighted by molar-refractivity contribution is -0.0943. The van der Waals surface area contributed by atoms with Gasteiger partial charge in [-0.3, -0.25) is 0 Å². The van der Waals surface area contributed by atoms with E-state index in [1.165, 1.54) is 7.11 Å². The van der Waals surface area contributed by atoms with Gasteiger partial charge in [-0.2, -0.15) is 0 Å². The second-order valence-electron chi connectivity index (χ2n) is 8.73. The zero-order valence-corrected chi connectivity index (χ0v) is 20.2. The third-order valence-corrected chi connectivity index (χ3v) is 6.42. The van der Waals surface area contributed by atoms with E-state index in [0.29, 0.717) is 29.4 Å². The van der Waals surface area contributed by atoms with Crippen LogP contribution in [0.25, 0.3) is 33.8 Å². The van der Waals surface area contributed by atoms with Gasteiger partial charge in [-0.05, 0) is 35.4 Å². The molecule has 5 heteroatoms. The Hall–Kier alpha value is -4.61. The van der Waals surface area contributed by atoms with Crippen molar-refractivity contribution in [2.75, 3.05) is 7.11 Å². The van der Waals surface area contributed by atoms with E-state index in [0.717, 1.165) is 33.4 Å². The molecule has 1 aliphatic heterocycles. The van der Waals surface area contributed by atoms with E-state index >= 15 is 0 Å². The number of carbonyl (C=O) groups is 1. The van der Waals surface area contributed by atoms with Crippen LogP contribution in [0.2, 0.25) is 0 Å². The van der Waals surface area contributed by atoms with Gasteiger partial charge in [0.2, 0.25) is 6.29 Å². The largest absolute Gasteiger partial charge is 0.465 e. The number of benzene rings is 4. The highest BCUT2D eigenvalue weighted by Crippen LogP contribution is 2.52. The molecule has 0 saturated carbocycles. The van der Waals surface area contributed by atoms with Gasteiger partial charge in [-0.15, -0.1) is 0 Å². The first kappa shape index (κ1) is 22.8. The summed E-state index contributed by atoms with van der Waals surface area (Å²) in [5.74, 6) is 1.75. The maximum Gasteiger partial charge on any atom is 0.337 e. The van der Waals surface area contributed by atoms with E-state index in [1.54, 1.807) is 12.1 Å². The fourth-order valence-corrected chi connectivity index (χ4v) is 4.63. The topological polar surface area (TPSA) is 57.9 Å². The first-order valence-electron chi connectivity index (χ1n) is 12.1. The molecule has 0 bridgehead atoms. The van der Waals surface area contributed by atoms with Gasteiger partial charge >= 0.3 is 5.97 Å². The molecule has 5 aromatic rings. The summed E-state index contributed by atoms with van der Waals surface area (Å²) in [5, 5.41) is 0. The number of hydrogen-bond acceptors (Lipinski definition) is 5. The van der Waals surface area contributed by atoms with Gasteiger partial charge < -0.3 is 18.6 Å². The molecule has 1 aliphatic rings. The van der Waals surface area contributed by atoms with Crippen molar-refractivity contribution in [1.29, 1.82) is 0 Å². The van der Waals surface area contributed by atoms with Crippen molar-refractivity contribution in [1.82, 2.24) is 0 Å². The Morgan fingerprint density at radius 3 is 2.16 bits per heavy atom. The highest BCUT2D eigenvalue weighted by atomic mass is 16.7. The third kappa shape index (κ3) is 4.30. The van der Waals surface area contributed by atoms with Crippen LogP contribution >= 0.6 is 0 Å². The van der Waals surface area contributed by atoms with Gasteiger partial charge in [0.1, 0.15) is 17.3 Å². The normalized spacial score (nSPS) is 13.8. The Bertz CT molecular complexity index is 1540. The molecule has 1 aromatic heterocycles. The smallest absolute Gasteiger partial charge is 0.337 e. The molecule has 0 amide bonds. The maximum absolute atomic E-state index is 12.1. The van der Waals surface area contributed by atoms with Crippen LogP contribution in [0.1, 0.15) is 27.8 Å². The molecule has 1 unspecified atom stereocenters. The van der Waals surface area contributed by atoms with Crippen molar-refractivity contribution >= 4 is 5.97 Å². The lowest BCUT2D eigenvalue weighted by atomic mass is 9.93. The first-order chi connectivity index (χ1) is 18.2. The number of ether oxygens (including phenoxy) is 3. The predicted octanol–water partition coefficient (Wildman–Crippen LogP) is 7.68. The molecule has 0 saturated heterocycles. The predicted molar refractivity (Wildman–Crippen MR) is 141 cm³/mol. The minimum Gasteiger partial charge on any atom is -0.465 e. The Balaban J connectivity index is 1.53. The summed E-state index contributed by atoms with van der Waals surface area (Å²) in [4.78, 5) is 12.1. The van der Waals surface area contributed by atoms with E-state index in [4.69, 9.17) is 18.6 Å². The second kappa shape index (κ2) is 9.80. The molecular formula is C32H24O5. The zero-order chi connectivity index (χ0) is 25.2. The molecular weight excluding hydrogens is 464 g/mol. The van der Waals surface area contributed by atoms with Crippen molar-refractivity contribution in [2.45, 2.75) is 12.9 Å². The van der Waals surface area contributed by atoms with E-state index in [1.807, 2.05) is 97.1 Å². The second-order valence-corrected chi connectivity index (χ2v) is 8.73. The minimum atomic E-state index is -0.693. The van der Waals surface area contributed by atoms with Gasteiger partial charge in [0, 0.05) is 11.1 Å². The number of furan rings is 1. The standard InChI is InChI=1S/C32H24O5/c1-34-31(33)24-18-16-22(17-19-24)27-28-30(37-29(27)23-12-6-3-7-13-23)25-14-8-9-15-26(25)36-32(28)35-20-21-10-4-2-5-11-21/h2-19,32H,20H2,1H3. The van der Waals surface area contributed by atoms with Crippen molar-refractivity contribution in [3.63, 3.8) is 0 Å². The first-order valence-corrected chi connectivity index (χ1v) is 12.1. The Kier molecular flexibility index (Phi) is 6.05. The molecule has 2 heterocycles. The molecule has 4 aromatic carbocycles. The molecule has 37 heavy (non-hydrogen) atoms. The third-order valence-electron chi connectivity index (χ3n) is 6.42. The summed E-state index contributed by atoms with van der Waals surface area (Å²) in [6, 6.07) is 35.1. The molecule has 0 radical (unpaired) electrons. The number of fused-ring (bicyclic) bond motifs is 3. The zero-order valence-electron chi connectivity index (χ0n) is 20.2. The van der Waals surface area contributed by atoms with E-state index in [2.05, 4.69) is 0 Å². The van der Waals surface area contributed by atoms with Gasteiger partial charge in [-0.25, -0.2) is 4.79 Å². The van der Waals surface area contributed by atoms with Gasteiger partial charge in [0.15, 0.2) is 0 Å². The molecule has 182 valence electrons. The summed E-state index contributed by atoms with van der Waals surface area (Å²) >= 11 is 0. The van der Waals surface area contributed by atoms with Gasteiger partial charge in [0.05, 0.1) is 30.4 Å². The fourth-order valence-electron chi connectivity index (χ4n) is 4.63. The summed E-state index contributed by atoms with van der Waals surface area (Å²) in [5.41, 5.74) is 5.89. The van der Waals surface area contributed by atoms with E-state index in [-0.39, 0.29) is 5.97 Å². The summed E-state index contributed by atoms with van der Waals surface area (Å²) in [6.45, 7) is 0.375. The Morgan fingerprint density at radius 2 is 1.43 bits per heavy atom. The van der Waals surface area contributed by atoms with Crippen LogP contribution in [0.3, 0.4) is 0 Å². The highest BCUT2D eigenvalue weighted by Gasteiger charge is 2.36. The molecule has 0 fully saturated rings. The van der Waals surface area contributed by atoms with Crippen LogP contribution in [-0.2, 0) is 16.1 Å². The number of para-hydroxylation sites is 1. The van der Waals surface area contributed by atoms with Crippen LogP contribution in [0.5, 0.6) is 5.75 Å². The van der Waals surface area contributed by atoms with E-state index in [9.17, 15) is 4.79 Å². The van der Waals surface area contributed by atoms with Crippen molar-refractivity contribution in [3.8, 4) is 39.5 Å². The number of methoxy groups -OCH3 is 1. The molecule has 1 atom stereocenters. The van der Waals surface area contributed by atoms with Crippen LogP contribution in [-0.4, -0.2) is 13.1 Å². The number of carbonyl (C=O) groups excluding carboxylic acids is 1. The summed E-state index contributed by atoms with van der Waals surface area (Å²) < 4.78 is 24.3. The maximum atomic E-state index is 12.1. The highest BCUT2D eigenvalue weighted by molar-refractivity contribution is 5.93. The van der Waals surface area contributed by atoms with Crippen LogP contribution in [0.4, 0.5) is 0 Å². The van der Waals surface area contributed by atoms with Gasteiger partial charge in [0.25, 0.3) is 0 Å². The fraction of sp³-hybridized carbons (Fsp3) is 0.0938. The quantitative estimate of drug-likeness (QED) is 0.230. The SMILES string of the molecule is COC(=O)c1ccc(-c2c(-c3ccccc3)oc3c2C(OCc2ccccc2)Oc2ccccc2-3)cc1. The van der Waals surface area contributed by atoms with Crippen molar-refractivity contribution in [2.24, 2.45) is 0 Å². The van der Waals surface area contributed by atoms with Crippen LogP contribution in [0, 0.1) is 0 Å². The number of esters is 1.